The first-order valence-electron chi connectivity index (χ1n) is 12.0. The number of carboxylic acids is 1. The Morgan fingerprint density at radius 2 is 1.97 bits per heavy atom. The van der Waals surface area contributed by atoms with E-state index >= 15 is 0 Å². The van der Waals surface area contributed by atoms with Gasteiger partial charge in [0.15, 0.2) is 11.9 Å². The normalized spacial score (nSPS) is 19.3. The van der Waals surface area contributed by atoms with Crippen LogP contribution in [0.15, 0.2) is 36.4 Å². The Morgan fingerprint density at radius 3 is 2.63 bits per heavy atom. The summed E-state index contributed by atoms with van der Waals surface area (Å²) in [6.45, 7) is 6.10. The molecule has 1 saturated carbocycles. The van der Waals surface area contributed by atoms with Crippen molar-refractivity contribution < 1.29 is 24.2 Å². The topological polar surface area (TPSA) is 116 Å². The van der Waals surface area contributed by atoms with Crippen LogP contribution in [0, 0.1) is 0 Å². The fraction of sp³-hybridized carbons (Fsp3) is 0.462. The minimum absolute atomic E-state index is 0.0568. The number of amides is 1. The number of ether oxygens (including phenoxy) is 2. The van der Waals surface area contributed by atoms with Crippen LogP contribution in [0.2, 0.25) is 0 Å². The standard InChI is InChI=1S/C26H30N4O5/c1-25(2,3)35-24(33)28-26(11-12-26)17-14-19(27-18-9-5-4-8-16(17)18)21-15-20(23(31)32)29-30(21)22-10-6-7-13-34-22/h4-5,8-9,14-15,22H,6-7,10-13H2,1-3H3,(H,28,33)(H,31,32). The molecule has 1 amide bonds. The van der Waals surface area contributed by atoms with Crippen LogP contribution >= 0.6 is 0 Å². The number of nitrogens with zero attached hydrogens (tertiary/aromatic N) is 3. The molecule has 0 radical (unpaired) electrons. The zero-order chi connectivity index (χ0) is 24.8. The minimum Gasteiger partial charge on any atom is -0.476 e. The van der Waals surface area contributed by atoms with E-state index in [1.165, 1.54) is 0 Å². The van der Waals surface area contributed by atoms with Gasteiger partial charge in [-0.1, -0.05) is 18.2 Å². The SMILES string of the molecule is CC(C)(C)OC(=O)NC1(c2cc(-c3cc(C(=O)O)nn3C3CCCCO3)nc3ccccc23)CC1. The zero-order valence-corrected chi connectivity index (χ0v) is 20.2. The largest absolute Gasteiger partial charge is 0.476 e. The summed E-state index contributed by atoms with van der Waals surface area (Å²) in [7, 11) is 0. The molecule has 0 bridgehead atoms. The van der Waals surface area contributed by atoms with Crippen LogP contribution in [0.25, 0.3) is 22.3 Å². The lowest BCUT2D eigenvalue weighted by Crippen LogP contribution is -2.39. The number of pyridine rings is 1. The number of nitrogens with one attached hydrogen (secondary N) is 1. The first-order chi connectivity index (χ1) is 16.7. The lowest BCUT2D eigenvalue weighted by molar-refractivity contribution is -0.0385. The van der Waals surface area contributed by atoms with E-state index in [0.29, 0.717) is 18.0 Å². The quantitative estimate of drug-likeness (QED) is 0.530. The molecule has 35 heavy (non-hydrogen) atoms. The maximum Gasteiger partial charge on any atom is 0.408 e. The van der Waals surface area contributed by atoms with Gasteiger partial charge in [-0.05, 0) is 70.6 Å². The highest BCUT2D eigenvalue weighted by Crippen LogP contribution is 2.49. The molecule has 1 aliphatic carbocycles. The Labute approximate surface area is 203 Å². The molecule has 1 atom stereocenters. The fourth-order valence-corrected chi connectivity index (χ4v) is 4.61. The maximum atomic E-state index is 12.7. The average Bonchev–Trinajstić information content (AvgIpc) is 3.43. The van der Waals surface area contributed by atoms with Crippen molar-refractivity contribution in [3.63, 3.8) is 0 Å². The van der Waals surface area contributed by atoms with E-state index in [1.807, 2.05) is 51.1 Å². The molecule has 5 rings (SSSR count). The van der Waals surface area contributed by atoms with Crippen molar-refractivity contribution in [1.29, 1.82) is 0 Å². The minimum atomic E-state index is -1.10. The third-order valence-electron chi connectivity index (χ3n) is 6.37. The molecule has 1 saturated heterocycles. The van der Waals surface area contributed by atoms with Gasteiger partial charge < -0.3 is 19.9 Å². The average molecular weight is 479 g/mol. The van der Waals surface area contributed by atoms with Crippen LogP contribution in [-0.4, -0.2) is 44.1 Å². The Morgan fingerprint density at radius 1 is 1.20 bits per heavy atom. The molecular formula is C26H30N4O5. The second-order valence-electron chi connectivity index (χ2n) is 10.3. The number of carboxylic acid groups (broad SMARTS) is 1. The van der Waals surface area contributed by atoms with Gasteiger partial charge in [-0.15, -0.1) is 0 Å². The van der Waals surface area contributed by atoms with E-state index < -0.39 is 23.2 Å². The summed E-state index contributed by atoms with van der Waals surface area (Å²) in [5, 5.41) is 18.0. The summed E-state index contributed by atoms with van der Waals surface area (Å²) in [6, 6.07) is 11.2. The molecule has 3 heterocycles. The molecular weight excluding hydrogens is 448 g/mol. The molecule has 1 aliphatic heterocycles. The van der Waals surface area contributed by atoms with Gasteiger partial charge in [0.1, 0.15) is 5.60 Å². The van der Waals surface area contributed by atoms with Crippen molar-refractivity contribution >= 4 is 23.0 Å². The van der Waals surface area contributed by atoms with Crippen molar-refractivity contribution in [2.45, 2.75) is 70.2 Å². The number of aromatic nitrogens is 3. The first-order valence-corrected chi connectivity index (χ1v) is 12.0. The smallest absolute Gasteiger partial charge is 0.408 e. The number of hydrogen-bond donors (Lipinski definition) is 2. The number of carbonyl (C=O) groups excluding carboxylic acids is 1. The van der Waals surface area contributed by atoms with E-state index in [0.717, 1.165) is 48.6 Å². The Hall–Kier alpha value is -3.46. The van der Waals surface area contributed by atoms with E-state index in [9.17, 15) is 14.7 Å². The van der Waals surface area contributed by atoms with Crippen LogP contribution in [0.3, 0.4) is 0 Å². The number of aromatic carboxylic acids is 1. The second-order valence-corrected chi connectivity index (χ2v) is 10.3. The van der Waals surface area contributed by atoms with Gasteiger partial charge in [-0.2, -0.15) is 5.10 Å². The summed E-state index contributed by atoms with van der Waals surface area (Å²) < 4.78 is 13.1. The predicted molar refractivity (Wildman–Crippen MR) is 129 cm³/mol. The number of fused-ring (bicyclic) bond motifs is 1. The molecule has 0 spiro atoms. The zero-order valence-electron chi connectivity index (χ0n) is 20.2. The molecule has 9 heteroatoms. The number of rotatable bonds is 5. The molecule has 3 aromatic rings. The molecule has 2 N–H and O–H groups in total. The molecule has 9 nitrogen and oxygen atoms in total. The van der Waals surface area contributed by atoms with Crippen molar-refractivity contribution in [3.8, 4) is 11.4 Å². The lowest BCUT2D eigenvalue weighted by atomic mass is 9.98. The third kappa shape index (κ3) is 4.73. The van der Waals surface area contributed by atoms with Gasteiger partial charge in [0.2, 0.25) is 0 Å². The van der Waals surface area contributed by atoms with Crippen LogP contribution < -0.4 is 5.32 Å². The monoisotopic (exact) mass is 478 g/mol. The van der Waals surface area contributed by atoms with E-state index in [1.54, 1.807) is 10.7 Å². The van der Waals surface area contributed by atoms with Crippen LogP contribution in [-0.2, 0) is 15.0 Å². The van der Waals surface area contributed by atoms with Crippen molar-refractivity contribution in [3.05, 3.63) is 47.7 Å². The summed E-state index contributed by atoms with van der Waals surface area (Å²) in [5.41, 5.74) is 1.62. The summed E-state index contributed by atoms with van der Waals surface area (Å²) in [5.74, 6) is -1.10. The molecule has 1 unspecified atom stereocenters. The molecule has 2 aromatic heterocycles. The summed E-state index contributed by atoms with van der Waals surface area (Å²) >= 11 is 0. The third-order valence-corrected chi connectivity index (χ3v) is 6.37. The highest BCUT2D eigenvalue weighted by molar-refractivity contribution is 5.89. The molecule has 2 aliphatic rings. The van der Waals surface area contributed by atoms with E-state index in [2.05, 4.69) is 10.4 Å². The number of alkyl carbamates (subject to hydrolysis) is 1. The maximum absolute atomic E-state index is 12.7. The molecule has 1 aromatic carbocycles. The molecule has 184 valence electrons. The van der Waals surface area contributed by atoms with Crippen LogP contribution in [0.4, 0.5) is 4.79 Å². The number of benzene rings is 1. The van der Waals surface area contributed by atoms with Gasteiger partial charge in [0, 0.05) is 18.1 Å². The number of para-hydroxylation sites is 1. The first kappa shape index (κ1) is 23.3. The summed E-state index contributed by atoms with van der Waals surface area (Å²) in [4.78, 5) is 29.3. The van der Waals surface area contributed by atoms with E-state index in [-0.39, 0.29) is 11.9 Å². The van der Waals surface area contributed by atoms with Gasteiger partial charge in [-0.3, -0.25) is 0 Å². The number of hydrogen-bond acceptors (Lipinski definition) is 6. The van der Waals surface area contributed by atoms with Crippen molar-refractivity contribution in [1.82, 2.24) is 20.1 Å². The highest BCUT2D eigenvalue weighted by atomic mass is 16.6. The van der Waals surface area contributed by atoms with Crippen LogP contribution in [0.5, 0.6) is 0 Å². The molecule has 2 fully saturated rings. The van der Waals surface area contributed by atoms with Gasteiger partial charge in [-0.25, -0.2) is 19.3 Å². The van der Waals surface area contributed by atoms with Crippen LogP contribution in [0.1, 0.15) is 75.2 Å². The fourth-order valence-electron chi connectivity index (χ4n) is 4.61. The van der Waals surface area contributed by atoms with Crippen molar-refractivity contribution in [2.75, 3.05) is 6.61 Å². The van der Waals surface area contributed by atoms with Gasteiger partial charge in [0.05, 0.1) is 22.4 Å². The Bertz CT molecular complexity index is 1280. The van der Waals surface area contributed by atoms with E-state index in [4.69, 9.17) is 14.5 Å². The predicted octanol–water partition coefficient (Wildman–Crippen LogP) is 5.01. The van der Waals surface area contributed by atoms with Crippen molar-refractivity contribution in [2.24, 2.45) is 0 Å². The van der Waals surface area contributed by atoms with Gasteiger partial charge >= 0.3 is 12.1 Å². The highest BCUT2D eigenvalue weighted by Gasteiger charge is 2.48. The van der Waals surface area contributed by atoms with Gasteiger partial charge in [0.25, 0.3) is 0 Å². The summed E-state index contributed by atoms with van der Waals surface area (Å²) in [6.07, 6.45) is 3.42. The number of carbonyl (C=O) groups is 2. The Balaban J connectivity index is 1.61. The lowest BCUT2D eigenvalue weighted by Gasteiger charge is -2.26. The Kier molecular flexibility index (Phi) is 5.75. The second kappa shape index (κ2) is 8.64.